The number of benzene rings is 2. The van der Waals surface area contributed by atoms with E-state index in [1.807, 2.05) is 56.3 Å². The number of halogens is 1. The van der Waals surface area contributed by atoms with E-state index in [9.17, 15) is 4.79 Å². The Morgan fingerprint density at radius 2 is 1.86 bits per heavy atom. The van der Waals surface area contributed by atoms with Crippen molar-refractivity contribution in [1.82, 2.24) is 5.32 Å². The zero-order chi connectivity index (χ0) is 15.2. The van der Waals surface area contributed by atoms with Gasteiger partial charge in [-0.2, -0.15) is 0 Å². The van der Waals surface area contributed by atoms with Crippen LogP contribution in [0.1, 0.15) is 35.8 Å². The molecule has 0 radical (unpaired) electrons. The second-order valence-electron chi connectivity index (χ2n) is 4.65. The second-order valence-corrected chi connectivity index (χ2v) is 5.50. The molecule has 2 rings (SSSR count). The van der Waals surface area contributed by atoms with Gasteiger partial charge in [0.25, 0.3) is 5.91 Å². The summed E-state index contributed by atoms with van der Waals surface area (Å²) in [6.45, 7) is 4.39. The molecule has 2 aromatic rings. The molecule has 0 aliphatic carbocycles. The maximum absolute atomic E-state index is 12.4. The Kier molecular flexibility index (Phi) is 5.39. The number of hydrogen-bond donors (Lipinski definition) is 1. The normalized spacial score (nSPS) is 11.8. The molecule has 1 unspecified atom stereocenters. The molecule has 0 saturated carbocycles. The number of para-hydroxylation sites is 1. The fourth-order valence-corrected chi connectivity index (χ4v) is 2.74. The van der Waals surface area contributed by atoms with Gasteiger partial charge in [-0.3, -0.25) is 4.79 Å². The van der Waals surface area contributed by atoms with Crippen LogP contribution in [-0.4, -0.2) is 12.5 Å². The Morgan fingerprint density at radius 1 is 1.19 bits per heavy atom. The third kappa shape index (κ3) is 3.85. The van der Waals surface area contributed by atoms with Crippen LogP contribution in [0.3, 0.4) is 0 Å². The quantitative estimate of drug-likeness (QED) is 0.873. The number of carbonyl (C=O) groups excluding carboxylic acids is 1. The van der Waals surface area contributed by atoms with Gasteiger partial charge in [0.05, 0.1) is 18.2 Å². The highest BCUT2D eigenvalue weighted by molar-refractivity contribution is 9.10. The van der Waals surface area contributed by atoms with Gasteiger partial charge < -0.3 is 10.1 Å². The molecule has 0 aliphatic rings. The predicted molar refractivity (Wildman–Crippen MR) is 87.6 cm³/mol. The van der Waals surface area contributed by atoms with Gasteiger partial charge in [0, 0.05) is 4.47 Å². The van der Waals surface area contributed by atoms with E-state index in [0.717, 1.165) is 10.0 Å². The largest absolute Gasteiger partial charge is 0.493 e. The molecule has 4 heteroatoms. The molecule has 0 fully saturated rings. The van der Waals surface area contributed by atoms with Crippen LogP contribution in [0.2, 0.25) is 0 Å². The van der Waals surface area contributed by atoms with E-state index in [2.05, 4.69) is 21.2 Å². The van der Waals surface area contributed by atoms with Gasteiger partial charge in [-0.1, -0.05) is 46.3 Å². The summed E-state index contributed by atoms with van der Waals surface area (Å²) in [6.07, 6.45) is 0. The molecule has 21 heavy (non-hydrogen) atoms. The number of rotatable bonds is 5. The molecule has 0 heterocycles. The van der Waals surface area contributed by atoms with E-state index in [1.165, 1.54) is 0 Å². The molecule has 1 amide bonds. The summed E-state index contributed by atoms with van der Waals surface area (Å²) < 4.78 is 6.48. The van der Waals surface area contributed by atoms with Crippen molar-refractivity contribution in [2.24, 2.45) is 0 Å². The molecule has 2 aromatic carbocycles. The van der Waals surface area contributed by atoms with Crippen molar-refractivity contribution in [3.63, 3.8) is 0 Å². The summed E-state index contributed by atoms with van der Waals surface area (Å²) in [5, 5.41) is 3.00. The lowest BCUT2D eigenvalue weighted by atomic mass is 10.1. The van der Waals surface area contributed by atoms with E-state index in [-0.39, 0.29) is 11.9 Å². The average Bonchev–Trinajstić information content (AvgIpc) is 2.48. The van der Waals surface area contributed by atoms with E-state index in [1.54, 1.807) is 6.07 Å². The van der Waals surface area contributed by atoms with Gasteiger partial charge >= 0.3 is 0 Å². The van der Waals surface area contributed by atoms with Crippen LogP contribution in [0.5, 0.6) is 5.75 Å². The first-order valence-electron chi connectivity index (χ1n) is 6.90. The smallest absolute Gasteiger partial charge is 0.255 e. The molecule has 0 bridgehead atoms. The van der Waals surface area contributed by atoms with Crippen molar-refractivity contribution in [2.75, 3.05) is 6.61 Å². The van der Waals surface area contributed by atoms with Crippen LogP contribution in [0.15, 0.2) is 53.0 Å². The lowest BCUT2D eigenvalue weighted by Gasteiger charge is -2.17. The molecule has 110 valence electrons. The molecule has 3 nitrogen and oxygen atoms in total. The summed E-state index contributed by atoms with van der Waals surface area (Å²) in [6, 6.07) is 15.0. The Balaban J connectivity index is 2.17. The number of amides is 1. The van der Waals surface area contributed by atoms with Crippen LogP contribution in [0.25, 0.3) is 0 Å². The van der Waals surface area contributed by atoms with Crippen molar-refractivity contribution in [3.05, 3.63) is 64.1 Å². The van der Waals surface area contributed by atoms with E-state index in [4.69, 9.17) is 4.74 Å². The van der Waals surface area contributed by atoms with Gasteiger partial charge in [-0.25, -0.2) is 0 Å². The highest BCUT2D eigenvalue weighted by atomic mass is 79.9. The number of hydrogen-bond acceptors (Lipinski definition) is 2. The number of nitrogens with one attached hydrogen (secondary N) is 1. The van der Waals surface area contributed by atoms with Crippen molar-refractivity contribution in [3.8, 4) is 5.75 Å². The minimum absolute atomic E-state index is 0.0947. The molecule has 0 spiro atoms. The van der Waals surface area contributed by atoms with E-state index >= 15 is 0 Å². The Labute approximate surface area is 133 Å². The first-order chi connectivity index (χ1) is 10.1. The molecular formula is C17H18BrNO2. The Hall–Kier alpha value is -1.81. The van der Waals surface area contributed by atoms with Crippen molar-refractivity contribution >= 4 is 21.8 Å². The maximum Gasteiger partial charge on any atom is 0.255 e. The summed E-state index contributed by atoms with van der Waals surface area (Å²) in [5.41, 5.74) is 1.60. The van der Waals surface area contributed by atoms with Gasteiger partial charge in [0.15, 0.2) is 0 Å². The predicted octanol–water partition coefficient (Wildman–Crippen LogP) is 4.34. The SMILES string of the molecule is CCOc1ccccc1C(=O)NC(C)c1ccccc1Br. The van der Waals surface area contributed by atoms with Crippen LogP contribution in [0.4, 0.5) is 0 Å². The molecule has 0 aliphatic heterocycles. The minimum Gasteiger partial charge on any atom is -0.493 e. The fraction of sp³-hybridized carbons (Fsp3) is 0.235. The molecule has 1 atom stereocenters. The van der Waals surface area contributed by atoms with Gasteiger partial charge in [0.1, 0.15) is 5.75 Å². The average molecular weight is 348 g/mol. The highest BCUT2D eigenvalue weighted by Gasteiger charge is 2.16. The van der Waals surface area contributed by atoms with Crippen molar-refractivity contribution in [2.45, 2.75) is 19.9 Å². The zero-order valence-electron chi connectivity index (χ0n) is 12.1. The lowest BCUT2D eigenvalue weighted by molar-refractivity contribution is 0.0936. The summed E-state index contributed by atoms with van der Waals surface area (Å²) in [4.78, 5) is 12.4. The van der Waals surface area contributed by atoms with Crippen LogP contribution in [-0.2, 0) is 0 Å². The number of carbonyl (C=O) groups is 1. The Bertz CT molecular complexity index is 628. The third-order valence-corrected chi connectivity index (χ3v) is 3.87. The summed E-state index contributed by atoms with van der Waals surface area (Å²) >= 11 is 3.51. The number of ether oxygens (including phenoxy) is 1. The molecule has 1 N–H and O–H groups in total. The van der Waals surface area contributed by atoms with Crippen LogP contribution < -0.4 is 10.1 Å². The van der Waals surface area contributed by atoms with Gasteiger partial charge in [-0.15, -0.1) is 0 Å². The van der Waals surface area contributed by atoms with Crippen molar-refractivity contribution in [1.29, 1.82) is 0 Å². The fourth-order valence-electron chi connectivity index (χ4n) is 2.11. The van der Waals surface area contributed by atoms with Crippen LogP contribution >= 0.6 is 15.9 Å². The van der Waals surface area contributed by atoms with Crippen LogP contribution in [0, 0.1) is 0 Å². The first kappa shape index (κ1) is 15.6. The summed E-state index contributed by atoms with van der Waals surface area (Å²) in [7, 11) is 0. The topological polar surface area (TPSA) is 38.3 Å². The maximum atomic E-state index is 12.4. The monoisotopic (exact) mass is 347 g/mol. The Morgan fingerprint density at radius 3 is 2.57 bits per heavy atom. The molecular weight excluding hydrogens is 330 g/mol. The van der Waals surface area contributed by atoms with Crippen molar-refractivity contribution < 1.29 is 9.53 Å². The minimum atomic E-state index is -0.137. The first-order valence-corrected chi connectivity index (χ1v) is 7.70. The lowest BCUT2D eigenvalue weighted by Crippen LogP contribution is -2.27. The molecule has 0 saturated heterocycles. The second kappa shape index (κ2) is 7.27. The zero-order valence-corrected chi connectivity index (χ0v) is 13.7. The third-order valence-electron chi connectivity index (χ3n) is 3.15. The summed E-state index contributed by atoms with van der Waals surface area (Å²) in [5.74, 6) is 0.471. The van der Waals surface area contributed by atoms with Gasteiger partial charge in [0.2, 0.25) is 0 Å². The molecule has 0 aromatic heterocycles. The highest BCUT2D eigenvalue weighted by Crippen LogP contribution is 2.24. The van der Waals surface area contributed by atoms with E-state index < -0.39 is 0 Å². The van der Waals surface area contributed by atoms with E-state index in [0.29, 0.717) is 17.9 Å². The van der Waals surface area contributed by atoms with Gasteiger partial charge in [-0.05, 0) is 37.6 Å². The standard InChI is InChI=1S/C17H18BrNO2/c1-3-21-16-11-7-5-9-14(16)17(20)19-12(2)13-8-4-6-10-15(13)18/h4-12H,3H2,1-2H3,(H,19,20).